The Morgan fingerprint density at radius 2 is 2.11 bits per heavy atom. The minimum Gasteiger partial charge on any atom is -0.396 e. The van der Waals surface area contributed by atoms with Crippen LogP contribution in [0.3, 0.4) is 0 Å². The SMILES string of the molecule is C[Si](C)(C)O[C@@]1(C#N)CCc2c1ccc(Cl)c2I. The van der Waals surface area contributed by atoms with Crippen molar-refractivity contribution >= 4 is 42.5 Å². The highest BCUT2D eigenvalue weighted by molar-refractivity contribution is 14.1. The molecule has 1 aromatic carbocycles. The van der Waals surface area contributed by atoms with Crippen LogP contribution in [0.1, 0.15) is 17.5 Å². The lowest BCUT2D eigenvalue weighted by Crippen LogP contribution is -2.38. The van der Waals surface area contributed by atoms with Gasteiger partial charge in [0.25, 0.3) is 0 Å². The number of fused-ring (bicyclic) bond motifs is 1. The van der Waals surface area contributed by atoms with Crippen molar-refractivity contribution < 1.29 is 4.43 Å². The minimum atomic E-state index is -1.77. The Kier molecular flexibility index (Phi) is 3.80. The van der Waals surface area contributed by atoms with Crippen molar-refractivity contribution in [2.75, 3.05) is 0 Å². The molecule has 0 N–H and O–H groups in total. The molecule has 1 aromatic rings. The summed E-state index contributed by atoms with van der Waals surface area (Å²) in [6.45, 7) is 6.35. The van der Waals surface area contributed by atoms with Crippen molar-refractivity contribution in [1.29, 1.82) is 5.26 Å². The Morgan fingerprint density at radius 1 is 1.44 bits per heavy atom. The maximum absolute atomic E-state index is 9.60. The third-order valence-electron chi connectivity index (χ3n) is 3.02. The van der Waals surface area contributed by atoms with E-state index < -0.39 is 13.9 Å². The van der Waals surface area contributed by atoms with Crippen LogP contribution in [-0.2, 0) is 16.4 Å². The van der Waals surface area contributed by atoms with Crippen LogP contribution in [-0.4, -0.2) is 8.32 Å². The molecule has 0 amide bonds. The summed E-state index contributed by atoms with van der Waals surface area (Å²) in [4.78, 5) is 0. The molecule has 96 valence electrons. The molecule has 0 aromatic heterocycles. The van der Waals surface area contributed by atoms with E-state index in [1.165, 1.54) is 5.56 Å². The summed E-state index contributed by atoms with van der Waals surface area (Å²) in [7, 11) is -1.77. The molecule has 0 saturated carbocycles. The van der Waals surface area contributed by atoms with Crippen molar-refractivity contribution in [3.8, 4) is 6.07 Å². The highest BCUT2D eigenvalue weighted by atomic mass is 127. The van der Waals surface area contributed by atoms with Gasteiger partial charge in [-0.25, -0.2) is 0 Å². The van der Waals surface area contributed by atoms with Gasteiger partial charge >= 0.3 is 0 Å². The predicted molar refractivity (Wildman–Crippen MR) is 84.2 cm³/mol. The zero-order valence-corrected chi connectivity index (χ0v) is 14.6. The molecule has 0 radical (unpaired) electrons. The fraction of sp³-hybridized carbons (Fsp3) is 0.462. The minimum absolute atomic E-state index is 0.736. The lowest BCUT2D eigenvalue weighted by Gasteiger charge is -2.31. The quantitative estimate of drug-likeness (QED) is 0.551. The van der Waals surface area contributed by atoms with E-state index >= 15 is 0 Å². The van der Waals surface area contributed by atoms with Crippen LogP contribution in [0.4, 0.5) is 0 Å². The molecule has 5 heteroatoms. The Hall–Kier alpha value is -0.0931. The van der Waals surface area contributed by atoms with Crippen molar-refractivity contribution in [1.82, 2.24) is 0 Å². The second-order valence-electron chi connectivity index (χ2n) is 5.54. The first kappa shape index (κ1) is 14.3. The van der Waals surface area contributed by atoms with Crippen LogP contribution in [0.25, 0.3) is 0 Å². The van der Waals surface area contributed by atoms with Crippen LogP contribution in [0.2, 0.25) is 24.7 Å². The van der Waals surface area contributed by atoms with E-state index in [4.69, 9.17) is 16.0 Å². The van der Waals surface area contributed by atoms with Crippen LogP contribution < -0.4 is 0 Å². The van der Waals surface area contributed by atoms with E-state index in [1.54, 1.807) is 0 Å². The standard InChI is InChI=1S/C13H15ClINOSi/c1-18(2,3)17-13(8-16)7-6-9-10(13)4-5-11(14)12(9)15/h4-5H,6-7H2,1-3H3/t13-/m1/s1. The van der Waals surface area contributed by atoms with Gasteiger partial charge in [0, 0.05) is 9.13 Å². The molecule has 0 spiro atoms. The smallest absolute Gasteiger partial charge is 0.186 e. The average molecular weight is 392 g/mol. The molecule has 0 saturated heterocycles. The highest BCUT2D eigenvalue weighted by Crippen LogP contribution is 2.44. The topological polar surface area (TPSA) is 33.0 Å². The zero-order chi connectivity index (χ0) is 13.6. The van der Waals surface area contributed by atoms with E-state index in [2.05, 4.69) is 48.3 Å². The number of rotatable bonds is 2. The molecular weight excluding hydrogens is 377 g/mol. The first-order chi connectivity index (χ1) is 8.29. The molecule has 2 nitrogen and oxygen atoms in total. The molecule has 0 unspecified atom stereocenters. The molecule has 1 aliphatic rings. The Bertz CT molecular complexity index is 535. The normalized spacial score (nSPS) is 22.7. The molecule has 18 heavy (non-hydrogen) atoms. The second-order valence-corrected chi connectivity index (χ2v) is 11.5. The van der Waals surface area contributed by atoms with Gasteiger partial charge in [-0.15, -0.1) is 0 Å². The van der Waals surface area contributed by atoms with Gasteiger partial charge in [-0.1, -0.05) is 17.7 Å². The van der Waals surface area contributed by atoms with Crippen molar-refractivity contribution in [2.24, 2.45) is 0 Å². The van der Waals surface area contributed by atoms with Gasteiger partial charge in [0.2, 0.25) is 0 Å². The Balaban J connectivity index is 2.53. The number of halogens is 2. The van der Waals surface area contributed by atoms with E-state index in [0.717, 1.165) is 27.0 Å². The van der Waals surface area contributed by atoms with E-state index in [-0.39, 0.29) is 0 Å². The summed E-state index contributed by atoms with van der Waals surface area (Å²) in [5.41, 5.74) is 1.44. The Morgan fingerprint density at radius 3 is 2.67 bits per heavy atom. The third kappa shape index (κ3) is 2.46. The first-order valence-electron chi connectivity index (χ1n) is 5.88. The van der Waals surface area contributed by atoms with Gasteiger partial charge in [-0.3, -0.25) is 0 Å². The third-order valence-corrected chi connectivity index (χ3v) is 5.85. The predicted octanol–water partition coefficient (Wildman–Crippen LogP) is 4.46. The molecule has 0 fully saturated rings. The van der Waals surface area contributed by atoms with Crippen molar-refractivity contribution in [2.45, 2.75) is 38.1 Å². The van der Waals surface area contributed by atoms with Crippen LogP contribution >= 0.6 is 34.2 Å². The largest absolute Gasteiger partial charge is 0.396 e. The molecule has 1 aliphatic carbocycles. The van der Waals surface area contributed by atoms with Crippen molar-refractivity contribution in [3.63, 3.8) is 0 Å². The molecule has 0 aliphatic heterocycles. The average Bonchev–Trinajstić information content (AvgIpc) is 2.62. The number of nitriles is 1. The van der Waals surface area contributed by atoms with Gasteiger partial charge in [0.15, 0.2) is 13.9 Å². The second kappa shape index (κ2) is 4.78. The maximum atomic E-state index is 9.60. The van der Waals surface area contributed by atoms with Crippen LogP contribution in [0.15, 0.2) is 12.1 Å². The van der Waals surface area contributed by atoms with E-state index in [1.807, 2.05) is 12.1 Å². The molecule has 2 rings (SSSR count). The fourth-order valence-corrected chi connectivity index (χ4v) is 4.64. The van der Waals surface area contributed by atoms with E-state index in [9.17, 15) is 5.26 Å². The summed E-state index contributed by atoms with van der Waals surface area (Å²) >= 11 is 8.39. The lowest BCUT2D eigenvalue weighted by atomic mass is 9.98. The van der Waals surface area contributed by atoms with Gasteiger partial charge in [0.1, 0.15) is 6.07 Å². The zero-order valence-electron chi connectivity index (χ0n) is 10.7. The number of hydrogen-bond donors (Lipinski definition) is 0. The molecule has 1 atom stereocenters. The van der Waals surface area contributed by atoms with Gasteiger partial charge < -0.3 is 4.43 Å². The fourth-order valence-electron chi connectivity index (χ4n) is 2.42. The maximum Gasteiger partial charge on any atom is 0.186 e. The number of hydrogen-bond acceptors (Lipinski definition) is 2. The van der Waals surface area contributed by atoms with Crippen molar-refractivity contribution in [3.05, 3.63) is 31.9 Å². The van der Waals surface area contributed by atoms with Crippen LogP contribution in [0, 0.1) is 14.9 Å². The molecule has 0 bridgehead atoms. The number of benzene rings is 1. The monoisotopic (exact) mass is 391 g/mol. The summed E-state index contributed by atoms with van der Waals surface area (Å²) < 4.78 is 7.25. The molecular formula is C13H15ClINOSi. The molecule has 0 heterocycles. The van der Waals surface area contributed by atoms with Gasteiger partial charge in [-0.2, -0.15) is 5.26 Å². The van der Waals surface area contributed by atoms with Gasteiger partial charge in [-0.05, 0) is 66.7 Å². The summed E-state index contributed by atoms with van der Waals surface area (Å²) in [5, 5.41) is 10.4. The number of nitrogens with zero attached hydrogens (tertiary/aromatic N) is 1. The first-order valence-corrected chi connectivity index (χ1v) is 10.7. The lowest BCUT2D eigenvalue weighted by molar-refractivity contribution is 0.121. The van der Waals surface area contributed by atoms with Gasteiger partial charge in [0.05, 0.1) is 5.02 Å². The summed E-state index contributed by atoms with van der Waals surface area (Å²) in [6, 6.07) is 6.23. The Labute approximate surface area is 128 Å². The van der Waals surface area contributed by atoms with E-state index in [0.29, 0.717) is 0 Å². The van der Waals surface area contributed by atoms with Crippen LogP contribution in [0.5, 0.6) is 0 Å². The highest BCUT2D eigenvalue weighted by Gasteiger charge is 2.44. The summed E-state index contributed by atoms with van der Waals surface area (Å²) in [6.07, 6.45) is 1.60. The summed E-state index contributed by atoms with van der Waals surface area (Å²) in [5.74, 6) is 0.